The minimum Gasteiger partial charge on any atom is -0.450 e. The van der Waals surface area contributed by atoms with Crippen LogP contribution in [0.3, 0.4) is 0 Å². The monoisotopic (exact) mass is 467 g/mol. The van der Waals surface area contributed by atoms with Gasteiger partial charge in [0.1, 0.15) is 11.1 Å². The molecule has 0 bridgehead atoms. The highest BCUT2D eigenvalue weighted by Gasteiger charge is 2.54. The van der Waals surface area contributed by atoms with Crippen LogP contribution in [0.5, 0.6) is 0 Å². The standard InChI is InChI=1S/C23H21N3O6S/c1-2-31-22(30)24-14-5-6-15-13(10-19(27)32-17(15)11-14)12-26-20(28)23(25-21(26)29)8-3-4-18-16(23)7-9-33-18/h5-7,9-11H,2-4,8,12H2,1H3,(H,24,30)(H,25,29)/t23-/m1/s1. The van der Waals surface area contributed by atoms with E-state index < -0.39 is 23.3 Å². The van der Waals surface area contributed by atoms with Crippen molar-refractivity contribution in [1.29, 1.82) is 0 Å². The molecule has 10 heteroatoms. The van der Waals surface area contributed by atoms with E-state index in [1.807, 2.05) is 11.4 Å². The number of rotatable bonds is 4. The zero-order valence-electron chi connectivity index (χ0n) is 17.8. The van der Waals surface area contributed by atoms with E-state index in [0.29, 0.717) is 23.1 Å². The molecule has 1 atom stereocenters. The number of anilines is 1. The lowest BCUT2D eigenvalue weighted by atomic mass is 9.80. The minimum absolute atomic E-state index is 0.0708. The molecule has 1 saturated heterocycles. The molecule has 1 aliphatic carbocycles. The van der Waals surface area contributed by atoms with Gasteiger partial charge in [0.15, 0.2) is 0 Å². The summed E-state index contributed by atoms with van der Waals surface area (Å²) >= 11 is 1.59. The number of fused-ring (bicyclic) bond motifs is 3. The number of nitrogens with one attached hydrogen (secondary N) is 2. The van der Waals surface area contributed by atoms with E-state index in [9.17, 15) is 19.2 Å². The summed E-state index contributed by atoms with van der Waals surface area (Å²) in [6.45, 7) is 1.84. The third-order valence-corrected chi connectivity index (χ3v) is 7.00. The van der Waals surface area contributed by atoms with Crippen molar-refractivity contribution in [3.05, 3.63) is 62.1 Å². The van der Waals surface area contributed by atoms with Gasteiger partial charge in [0, 0.05) is 33.6 Å². The van der Waals surface area contributed by atoms with Crippen LogP contribution in [0.25, 0.3) is 11.0 Å². The molecule has 1 fully saturated rings. The Hall–Kier alpha value is -3.66. The fourth-order valence-electron chi connectivity index (χ4n) is 4.58. The Morgan fingerprint density at radius 3 is 2.94 bits per heavy atom. The molecule has 1 spiro atoms. The van der Waals surface area contributed by atoms with Crippen LogP contribution in [0.15, 0.2) is 44.9 Å². The maximum Gasteiger partial charge on any atom is 0.411 e. The molecule has 5 rings (SSSR count). The van der Waals surface area contributed by atoms with Crippen LogP contribution in [0.1, 0.15) is 35.8 Å². The Bertz CT molecular complexity index is 1350. The van der Waals surface area contributed by atoms with E-state index >= 15 is 0 Å². The van der Waals surface area contributed by atoms with E-state index in [1.54, 1.807) is 30.4 Å². The minimum atomic E-state index is -1.04. The molecule has 3 aromatic rings. The second-order valence-electron chi connectivity index (χ2n) is 7.98. The van der Waals surface area contributed by atoms with E-state index in [1.165, 1.54) is 12.1 Å². The molecule has 1 aromatic carbocycles. The van der Waals surface area contributed by atoms with Gasteiger partial charge in [-0.2, -0.15) is 0 Å². The predicted molar refractivity (Wildman–Crippen MR) is 121 cm³/mol. The molecule has 0 unspecified atom stereocenters. The van der Waals surface area contributed by atoms with Crippen molar-refractivity contribution in [2.24, 2.45) is 0 Å². The smallest absolute Gasteiger partial charge is 0.411 e. The van der Waals surface area contributed by atoms with Crippen LogP contribution < -0.4 is 16.3 Å². The molecule has 1 aliphatic heterocycles. The molecule has 2 N–H and O–H groups in total. The van der Waals surface area contributed by atoms with Gasteiger partial charge in [-0.15, -0.1) is 11.3 Å². The lowest BCUT2D eigenvalue weighted by molar-refractivity contribution is -0.132. The van der Waals surface area contributed by atoms with Crippen molar-refractivity contribution in [2.45, 2.75) is 38.3 Å². The highest BCUT2D eigenvalue weighted by molar-refractivity contribution is 7.10. The van der Waals surface area contributed by atoms with Crippen molar-refractivity contribution < 1.29 is 23.5 Å². The molecule has 0 radical (unpaired) electrons. The van der Waals surface area contributed by atoms with Crippen molar-refractivity contribution in [3.8, 4) is 0 Å². The molecule has 3 heterocycles. The van der Waals surface area contributed by atoms with Gasteiger partial charge in [-0.1, -0.05) is 0 Å². The Balaban J connectivity index is 1.47. The SMILES string of the molecule is CCOC(=O)Nc1ccc2c(CN3C(=O)N[C@@]4(CCCc5sccc54)C3=O)cc(=O)oc2c1. The second kappa shape index (κ2) is 8.04. The Labute approximate surface area is 192 Å². The molecule has 9 nitrogen and oxygen atoms in total. The largest absolute Gasteiger partial charge is 0.450 e. The topological polar surface area (TPSA) is 118 Å². The molecule has 33 heavy (non-hydrogen) atoms. The lowest BCUT2D eigenvalue weighted by Gasteiger charge is -2.31. The van der Waals surface area contributed by atoms with Crippen LogP contribution in [-0.4, -0.2) is 29.5 Å². The number of benzene rings is 1. The Morgan fingerprint density at radius 2 is 2.12 bits per heavy atom. The molecule has 0 saturated carbocycles. The van der Waals surface area contributed by atoms with Crippen LogP contribution in [0.2, 0.25) is 0 Å². The van der Waals surface area contributed by atoms with Crippen molar-refractivity contribution in [3.63, 3.8) is 0 Å². The highest BCUT2D eigenvalue weighted by Crippen LogP contribution is 2.42. The molecule has 4 amide bonds. The zero-order valence-corrected chi connectivity index (χ0v) is 18.6. The molecule has 2 aliphatic rings. The van der Waals surface area contributed by atoms with Gasteiger partial charge in [-0.25, -0.2) is 14.4 Å². The summed E-state index contributed by atoms with van der Waals surface area (Å²) in [5.41, 5.74) is 0.299. The molecule has 170 valence electrons. The first-order valence-electron chi connectivity index (χ1n) is 10.6. The molecular formula is C23H21N3O6S. The fourth-order valence-corrected chi connectivity index (χ4v) is 5.58. The summed E-state index contributed by atoms with van der Waals surface area (Å²) in [5, 5.41) is 7.98. The average molecular weight is 468 g/mol. The Morgan fingerprint density at radius 1 is 1.27 bits per heavy atom. The lowest BCUT2D eigenvalue weighted by Crippen LogP contribution is -2.46. The van der Waals surface area contributed by atoms with Crippen molar-refractivity contribution >= 4 is 46.0 Å². The number of hydrogen-bond donors (Lipinski definition) is 2. The number of amides is 4. The highest BCUT2D eigenvalue weighted by atomic mass is 32.1. The summed E-state index contributed by atoms with van der Waals surface area (Å²) < 4.78 is 10.2. The summed E-state index contributed by atoms with van der Waals surface area (Å²) in [7, 11) is 0. The van der Waals surface area contributed by atoms with E-state index in [0.717, 1.165) is 28.2 Å². The predicted octanol–water partition coefficient (Wildman–Crippen LogP) is 3.71. The van der Waals surface area contributed by atoms with Gasteiger partial charge < -0.3 is 14.5 Å². The molecular weight excluding hydrogens is 446 g/mol. The average Bonchev–Trinajstić information content (AvgIpc) is 3.34. The summed E-state index contributed by atoms with van der Waals surface area (Å²) in [5.74, 6) is -0.311. The van der Waals surface area contributed by atoms with Gasteiger partial charge >= 0.3 is 17.7 Å². The van der Waals surface area contributed by atoms with Crippen molar-refractivity contribution in [2.75, 3.05) is 11.9 Å². The first kappa shape index (κ1) is 21.2. The number of hydrogen-bond acceptors (Lipinski definition) is 7. The van der Waals surface area contributed by atoms with Crippen molar-refractivity contribution in [1.82, 2.24) is 10.2 Å². The number of urea groups is 1. The third-order valence-electron chi connectivity index (χ3n) is 6.02. The fraction of sp³-hybridized carbons (Fsp3) is 0.304. The zero-order chi connectivity index (χ0) is 23.2. The number of thiophene rings is 1. The van der Waals surface area contributed by atoms with Gasteiger partial charge in [0.25, 0.3) is 5.91 Å². The maximum absolute atomic E-state index is 13.5. The van der Waals surface area contributed by atoms with E-state index in [-0.39, 0.29) is 24.6 Å². The van der Waals surface area contributed by atoms with Gasteiger partial charge in [-0.05, 0) is 55.3 Å². The molecule has 2 aromatic heterocycles. The summed E-state index contributed by atoms with van der Waals surface area (Å²) in [6, 6.07) is 7.51. The number of nitrogens with zero attached hydrogens (tertiary/aromatic N) is 1. The van der Waals surface area contributed by atoms with Gasteiger partial charge in [0.05, 0.1) is 13.2 Å². The van der Waals surface area contributed by atoms with Crippen LogP contribution in [0, 0.1) is 0 Å². The maximum atomic E-state index is 13.5. The Kier molecular flexibility index (Phi) is 5.16. The second-order valence-corrected chi connectivity index (χ2v) is 8.99. The van der Waals surface area contributed by atoms with Crippen LogP contribution in [-0.2, 0) is 28.0 Å². The van der Waals surface area contributed by atoms with Gasteiger partial charge in [0.2, 0.25) is 0 Å². The van der Waals surface area contributed by atoms with E-state index in [4.69, 9.17) is 9.15 Å². The normalized spacial score (nSPS) is 19.6. The number of carbonyl (C=O) groups is 3. The van der Waals surface area contributed by atoms with Crippen LogP contribution >= 0.6 is 11.3 Å². The summed E-state index contributed by atoms with van der Waals surface area (Å²) in [6.07, 6.45) is 1.62. The number of carbonyl (C=O) groups excluding carboxylic acids is 3. The first-order valence-corrected chi connectivity index (χ1v) is 11.5. The first-order chi connectivity index (χ1) is 15.9. The number of imide groups is 1. The van der Waals surface area contributed by atoms with E-state index in [2.05, 4.69) is 10.6 Å². The van der Waals surface area contributed by atoms with Gasteiger partial charge in [-0.3, -0.25) is 15.0 Å². The summed E-state index contributed by atoms with van der Waals surface area (Å²) in [4.78, 5) is 52.6. The third kappa shape index (κ3) is 3.56. The number of aryl methyl sites for hydroxylation is 1. The quantitative estimate of drug-likeness (QED) is 0.446. The number of ether oxygens (including phenoxy) is 1. The van der Waals surface area contributed by atoms with Crippen LogP contribution in [0.4, 0.5) is 15.3 Å².